The summed E-state index contributed by atoms with van der Waals surface area (Å²) in [5.74, 6) is 2.77. The number of nitrogens with zero attached hydrogens (tertiary/aromatic N) is 6. The van der Waals surface area contributed by atoms with Crippen LogP contribution in [0.3, 0.4) is 0 Å². The second-order valence-electron chi connectivity index (χ2n) is 6.79. The summed E-state index contributed by atoms with van der Waals surface area (Å²) in [6.45, 7) is 3.20. The third-order valence-electron chi connectivity index (χ3n) is 4.60. The third kappa shape index (κ3) is 4.45. The van der Waals surface area contributed by atoms with Gasteiger partial charge < -0.3 is 15.2 Å². The Bertz CT molecular complexity index is 1150. The predicted molar refractivity (Wildman–Crippen MR) is 114 cm³/mol. The maximum absolute atomic E-state index is 5.39. The number of hydrogen-bond acceptors (Lipinski definition) is 6. The molecule has 9 nitrogen and oxygen atoms in total. The van der Waals surface area contributed by atoms with Gasteiger partial charge in [-0.1, -0.05) is 30.3 Å². The van der Waals surface area contributed by atoms with E-state index < -0.39 is 0 Å². The molecule has 0 aliphatic heterocycles. The van der Waals surface area contributed by atoms with Gasteiger partial charge in [-0.15, -0.1) is 10.2 Å². The quantitative estimate of drug-likeness (QED) is 0.360. The number of benzene rings is 1. The zero-order valence-electron chi connectivity index (χ0n) is 17.0. The monoisotopic (exact) mass is 404 g/mol. The van der Waals surface area contributed by atoms with Crippen LogP contribution in [0.1, 0.15) is 30.6 Å². The molecule has 3 aromatic heterocycles. The molecule has 0 aliphatic carbocycles. The first-order chi connectivity index (χ1) is 14.8. The fourth-order valence-electron chi connectivity index (χ4n) is 3.09. The Labute approximate surface area is 174 Å². The van der Waals surface area contributed by atoms with Crippen molar-refractivity contribution in [3.05, 3.63) is 65.9 Å². The summed E-state index contributed by atoms with van der Waals surface area (Å²) < 4.78 is 7.33. The number of hydrogen-bond donors (Lipinski definition) is 2. The van der Waals surface area contributed by atoms with Crippen molar-refractivity contribution in [2.45, 2.75) is 32.9 Å². The molecular weight excluding hydrogens is 380 g/mol. The van der Waals surface area contributed by atoms with Crippen LogP contribution in [-0.2, 0) is 19.5 Å². The molecule has 1 aromatic carbocycles. The summed E-state index contributed by atoms with van der Waals surface area (Å²) in [5, 5.41) is 19.0. The van der Waals surface area contributed by atoms with Crippen LogP contribution in [0.15, 0.2) is 58.2 Å². The number of aromatic nitrogens is 5. The van der Waals surface area contributed by atoms with Crippen LogP contribution in [0.5, 0.6) is 0 Å². The minimum atomic E-state index is 0.507. The number of nitrogens with one attached hydrogen (secondary N) is 2. The van der Waals surface area contributed by atoms with E-state index in [2.05, 4.69) is 42.9 Å². The van der Waals surface area contributed by atoms with Crippen LogP contribution < -0.4 is 10.6 Å². The summed E-state index contributed by atoms with van der Waals surface area (Å²) in [5.41, 5.74) is 2.80. The van der Waals surface area contributed by atoms with Gasteiger partial charge in [-0.25, -0.2) is 0 Å². The lowest BCUT2D eigenvalue weighted by atomic mass is 10.1. The highest BCUT2D eigenvalue weighted by atomic mass is 16.5. The van der Waals surface area contributed by atoms with Gasteiger partial charge in [0, 0.05) is 31.8 Å². The van der Waals surface area contributed by atoms with E-state index in [0.717, 1.165) is 41.3 Å². The number of aryl methyl sites for hydroxylation is 1. The topological polar surface area (TPSA) is 106 Å². The molecule has 0 unspecified atom stereocenters. The second kappa shape index (κ2) is 9.17. The molecule has 0 saturated heterocycles. The molecule has 154 valence electrons. The molecule has 2 N–H and O–H groups in total. The summed E-state index contributed by atoms with van der Waals surface area (Å²) in [6.07, 6.45) is 3.74. The summed E-state index contributed by atoms with van der Waals surface area (Å²) in [6, 6.07) is 13.8. The molecule has 0 spiro atoms. The van der Waals surface area contributed by atoms with E-state index in [9.17, 15) is 0 Å². The highest BCUT2D eigenvalue weighted by Crippen LogP contribution is 2.19. The molecule has 4 aromatic rings. The summed E-state index contributed by atoms with van der Waals surface area (Å²) >= 11 is 0. The Balaban J connectivity index is 1.37. The fraction of sp³-hybridized carbons (Fsp3) is 0.286. The first-order valence-electron chi connectivity index (χ1n) is 9.92. The van der Waals surface area contributed by atoms with Gasteiger partial charge in [0.05, 0.1) is 6.54 Å². The van der Waals surface area contributed by atoms with Gasteiger partial charge in [-0.2, -0.15) is 4.98 Å². The largest absolute Gasteiger partial charge is 0.352 e. The lowest BCUT2D eigenvalue weighted by molar-refractivity contribution is 0.422. The predicted octanol–water partition coefficient (Wildman–Crippen LogP) is 2.60. The lowest BCUT2D eigenvalue weighted by Gasteiger charge is -2.11. The van der Waals surface area contributed by atoms with Crippen LogP contribution in [0.25, 0.3) is 17.1 Å². The Morgan fingerprint density at radius 2 is 2.00 bits per heavy atom. The molecule has 0 amide bonds. The van der Waals surface area contributed by atoms with E-state index in [1.165, 1.54) is 0 Å². The summed E-state index contributed by atoms with van der Waals surface area (Å²) in [4.78, 5) is 8.74. The summed E-state index contributed by atoms with van der Waals surface area (Å²) in [7, 11) is 1.74. The van der Waals surface area contributed by atoms with Crippen LogP contribution in [-0.4, -0.2) is 37.7 Å². The first-order valence-corrected chi connectivity index (χ1v) is 9.92. The van der Waals surface area contributed by atoms with Crippen molar-refractivity contribution in [2.75, 3.05) is 7.05 Å². The Kier molecular flexibility index (Phi) is 5.98. The van der Waals surface area contributed by atoms with Crippen molar-refractivity contribution in [1.82, 2.24) is 35.4 Å². The van der Waals surface area contributed by atoms with Gasteiger partial charge in [-0.05, 0) is 36.2 Å². The van der Waals surface area contributed by atoms with Gasteiger partial charge in [0.15, 0.2) is 23.3 Å². The molecule has 9 heteroatoms. The number of guanidine groups is 1. The molecule has 0 fully saturated rings. The lowest BCUT2D eigenvalue weighted by Crippen LogP contribution is -2.36. The van der Waals surface area contributed by atoms with E-state index >= 15 is 0 Å². The highest BCUT2D eigenvalue weighted by molar-refractivity contribution is 5.79. The van der Waals surface area contributed by atoms with Crippen molar-refractivity contribution in [3.8, 4) is 11.5 Å². The van der Waals surface area contributed by atoms with Crippen molar-refractivity contribution in [3.63, 3.8) is 0 Å². The SMILES string of the molecule is CCCc1noc(-c2cccc(CNC(=NC)NCc3nnc4ccccn34)c2)n1. The Hall–Kier alpha value is -3.75. The van der Waals surface area contributed by atoms with Gasteiger partial charge in [0.2, 0.25) is 0 Å². The van der Waals surface area contributed by atoms with E-state index in [1.807, 2.05) is 53.1 Å². The van der Waals surface area contributed by atoms with E-state index in [1.54, 1.807) is 7.05 Å². The zero-order valence-corrected chi connectivity index (χ0v) is 17.0. The minimum absolute atomic E-state index is 0.507. The van der Waals surface area contributed by atoms with Crippen molar-refractivity contribution < 1.29 is 4.52 Å². The molecule has 0 bridgehead atoms. The van der Waals surface area contributed by atoms with Crippen LogP contribution in [0.4, 0.5) is 0 Å². The molecule has 4 rings (SSSR count). The standard InChI is InChI=1S/C21H24N8O/c1-3-7-17-25-20(30-28-17)16-9-6-8-15(12-16)13-23-21(22-2)24-14-19-27-26-18-10-4-5-11-29(18)19/h4-6,8-12H,3,7,13-14H2,1-2H3,(H2,22,23,24). The maximum atomic E-state index is 5.39. The zero-order chi connectivity index (χ0) is 20.8. The first kappa shape index (κ1) is 19.6. The van der Waals surface area contributed by atoms with Crippen molar-refractivity contribution in [2.24, 2.45) is 4.99 Å². The normalized spacial score (nSPS) is 11.7. The number of pyridine rings is 1. The average molecular weight is 404 g/mol. The van der Waals surface area contributed by atoms with Crippen molar-refractivity contribution >= 4 is 11.6 Å². The average Bonchev–Trinajstić information content (AvgIpc) is 3.42. The van der Waals surface area contributed by atoms with Gasteiger partial charge >= 0.3 is 0 Å². The van der Waals surface area contributed by atoms with Gasteiger partial charge in [-0.3, -0.25) is 9.39 Å². The van der Waals surface area contributed by atoms with Gasteiger partial charge in [0.25, 0.3) is 5.89 Å². The third-order valence-corrected chi connectivity index (χ3v) is 4.60. The van der Waals surface area contributed by atoms with Crippen molar-refractivity contribution in [1.29, 1.82) is 0 Å². The van der Waals surface area contributed by atoms with Gasteiger partial charge in [0.1, 0.15) is 0 Å². The van der Waals surface area contributed by atoms with Crippen LogP contribution in [0, 0.1) is 0 Å². The second-order valence-corrected chi connectivity index (χ2v) is 6.79. The maximum Gasteiger partial charge on any atom is 0.257 e. The van der Waals surface area contributed by atoms with E-state index in [4.69, 9.17) is 4.52 Å². The minimum Gasteiger partial charge on any atom is -0.352 e. The molecule has 0 radical (unpaired) electrons. The van der Waals surface area contributed by atoms with Crippen LogP contribution in [0.2, 0.25) is 0 Å². The molecule has 0 atom stereocenters. The van der Waals surface area contributed by atoms with E-state index in [-0.39, 0.29) is 0 Å². The smallest absolute Gasteiger partial charge is 0.257 e. The number of aliphatic imine (C=N–C) groups is 1. The Morgan fingerprint density at radius 3 is 2.87 bits per heavy atom. The number of rotatable bonds is 7. The molecule has 0 aliphatic rings. The van der Waals surface area contributed by atoms with Crippen LogP contribution >= 0.6 is 0 Å². The Morgan fingerprint density at radius 1 is 1.10 bits per heavy atom. The molecular formula is C21H24N8O. The number of fused-ring (bicyclic) bond motifs is 1. The van der Waals surface area contributed by atoms with E-state index in [0.29, 0.717) is 24.9 Å². The molecule has 0 saturated carbocycles. The highest BCUT2D eigenvalue weighted by Gasteiger charge is 2.09. The molecule has 3 heterocycles. The fourth-order valence-corrected chi connectivity index (χ4v) is 3.09. The molecule has 30 heavy (non-hydrogen) atoms.